The maximum absolute atomic E-state index is 6.21. The summed E-state index contributed by atoms with van der Waals surface area (Å²) in [6.45, 7) is 4.49. The Hall–Kier alpha value is -1.23. The summed E-state index contributed by atoms with van der Waals surface area (Å²) >= 11 is 9.87. The van der Waals surface area contributed by atoms with E-state index in [2.05, 4.69) is 28.2 Å². The molecule has 1 N–H and O–H groups in total. The van der Waals surface area contributed by atoms with Crippen LogP contribution in [0.15, 0.2) is 40.9 Å². The molecule has 0 heterocycles. The fourth-order valence-corrected chi connectivity index (χ4v) is 3.66. The lowest BCUT2D eigenvalue weighted by atomic mass is 10.1. The van der Waals surface area contributed by atoms with Crippen molar-refractivity contribution in [3.63, 3.8) is 0 Å². The second-order valence-electron chi connectivity index (χ2n) is 6.92. The summed E-state index contributed by atoms with van der Waals surface area (Å²) < 4.78 is 12.5. The Morgan fingerprint density at radius 2 is 1.71 bits per heavy atom. The van der Waals surface area contributed by atoms with Crippen LogP contribution in [0, 0.1) is 0 Å². The number of ether oxygens (including phenoxy) is 2. The van der Waals surface area contributed by atoms with Gasteiger partial charge in [0.1, 0.15) is 6.61 Å². The highest BCUT2D eigenvalue weighted by Crippen LogP contribution is 2.34. The van der Waals surface area contributed by atoms with Crippen LogP contribution in [0.3, 0.4) is 0 Å². The van der Waals surface area contributed by atoms with E-state index in [4.69, 9.17) is 21.1 Å². The Balaban J connectivity index is 1.85. The van der Waals surface area contributed by atoms with Gasteiger partial charge in [0.25, 0.3) is 0 Å². The number of rotatable bonds is 13. The number of halogens is 2. The first-order valence-corrected chi connectivity index (χ1v) is 11.3. The Morgan fingerprint density at radius 1 is 0.964 bits per heavy atom. The van der Waals surface area contributed by atoms with Crippen LogP contribution in [-0.4, -0.2) is 13.7 Å². The monoisotopic (exact) mass is 467 g/mol. The number of hydrogen-bond acceptors (Lipinski definition) is 3. The lowest BCUT2D eigenvalue weighted by Crippen LogP contribution is -2.15. The lowest BCUT2D eigenvalue weighted by Gasteiger charge is -2.15. The smallest absolute Gasteiger partial charge is 0.162 e. The molecule has 0 unspecified atom stereocenters. The van der Waals surface area contributed by atoms with Gasteiger partial charge < -0.3 is 14.8 Å². The molecule has 0 aliphatic carbocycles. The SMILES string of the molecule is CCCCCCCCNCc1cc(OC)c(OCc2ccccc2Cl)cc1Br. The predicted molar refractivity (Wildman–Crippen MR) is 122 cm³/mol. The number of benzene rings is 2. The highest BCUT2D eigenvalue weighted by Gasteiger charge is 2.11. The molecule has 2 aromatic carbocycles. The molecule has 3 nitrogen and oxygen atoms in total. The van der Waals surface area contributed by atoms with Crippen LogP contribution in [0.25, 0.3) is 0 Å². The molecule has 0 saturated heterocycles. The van der Waals surface area contributed by atoms with Gasteiger partial charge in [0.2, 0.25) is 0 Å². The van der Waals surface area contributed by atoms with Crippen molar-refractivity contribution in [1.29, 1.82) is 0 Å². The summed E-state index contributed by atoms with van der Waals surface area (Å²) in [7, 11) is 1.67. The molecule has 0 aromatic heterocycles. The highest BCUT2D eigenvalue weighted by atomic mass is 79.9. The zero-order valence-corrected chi connectivity index (χ0v) is 19.2. The normalized spacial score (nSPS) is 10.9. The standard InChI is InChI=1S/C23H31BrClNO2/c1-3-4-5-6-7-10-13-26-16-19-14-22(27-2)23(15-20(19)24)28-17-18-11-8-9-12-21(18)25/h8-9,11-12,14-15,26H,3-7,10,13,16-17H2,1-2H3. The third kappa shape index (κ3) is 7.65. The van der Waals surface area contributed by atoms with E-state index in [-0.39, 0.29) is 0 Å². The van der Waals surface area contributed by atoms with E-state index >= 15 is 0 Å². The summed E-state index contributed by atoms with van der Waals surface area (Å²) in [6.07, 6.45) is 7.86. The summed E-state index contributed by atoms with van der Waals surface area (Å²) in [5.41, 5.74) is 2.11. The van der Waals surface area contributed by atoms with Crippen LogP contribution in [0.1, 0.15) is 56.6 Å². The van der Waals surface area contributed by atoms with E-state index in [9.17, 15) is 0 Å². The molecule has 0 fully saturated rings. The molecule has 0 bridgehead atoms. The van der Waals surface area contributed by atoms with Crippen LogP contribution in [0.2, 0.25) is 5.02 Å². The van der Waals surface area contributed by atoms with Gasteiger partial charge in [-0.2, -0.15) is 0 Å². The minimum absolute atomic E-state index is 0.401. The molecule has 154 valence electrons. The average Bonchev–Trinajstić information content (AvgIpc) is 2.70. The summed E-state index contributed by atoms with van der Waals surface area (Å²) in [4.78, 5) is 0. The molecule has 0 amide bonds. The van der Waals surface area contributed by atoms with Crippen molar-refractivity contribution in [2.45, 2.75) is 58.6 Å². The largest absolute Gasteiger partial charge is 0.493 e. The maximum atomic E-state index is 6.21. The first-order chi connectivity index (χ1) is 13.7. The van der Waals surface area contributed by atoms with E-state index in [1.807, 2.05) is 36.4 Å². The Kier molecular flexibility index (Phi) is 10.8. The first-order valence-electron chi connectivity index (χ1n) is 10.1. The van der Waals surface area contributed by atoms with Crippen molar-refractivity contribution in [3.05, 3.63) is 57.0 Å². The van der Waals surface area contributed by atoms with Crippen LogP contribution in [-0.2, 0) is 13.2 Å². The second-order valence-corrected chi connectivity index (χ2v) is 8.18. The van der Waals surface area contributed by atoms with Gasteiger partial charge in [-0.1, -0.05) is 84.8 Å². The second kappa shape index (κ2) is 13.1. The van der Waals surface area contributed by atoms with Crippen molar-refractivity contribution < 1.29 is 9.47 Å². The molecular weight excluding hydrogens is 438 g/mol. The van der Waals surface area contributed by atoms with E-state index in [0.29, 0.717) is 17.4 Å². The number of hydrogen-bond donors (Lipinski definition) is 1. The fourth-order valence-electron chi connectivity index (χ4n) is 3.01. The minimum atomic E-state index is 0.401. The number of unbranched alkanes of at least 4 members (excludes halogenated alkanes) is 5. The Bertz CT molecular complexity index is 724. The molecule has 5 heteroatoms. The third-order valence-corrected chi connectivity index (χ3v) is 5.80. The topological polar surface area (TPSA) is 30.5 Å². The predicted octanol–water partition coefficient (Wildman–Crippen LogP) is 7.14. The van der Waals surface area contributed by atoms with E-state index < -0.39 is 0 Å². The maximum Gasteiger partial charge on any atom is 0.162 e. The molecule has 0 aliphatic heterocycles. The van der Waals surface area contributed by atoms with Gasteiger partial charge in [-0.15, -0.1) is 0 Å². The molecule has 0 atom stereocenters. The first kappa shape index (κ1) is 23.1. The molecule has 0 spiro atoms. The lowest BCUT2D eigenvalue weighted by molar-refractivity contribution is 0.284. The van der Waals surface area contributed by atoms with Crippen molar-refractivity contribution in [2.75, 3.05) is 13.7 Å². The van der Waals surface area contributed by atoms with Crippen molar-refractivity contribution in [1.82, 2.24) is 5.32 Å². The Labute approximate surface area is 182 Å². The fraction of sp³-hybridized carbons (Fsp3) is 0.478. The average molecular weight is 469 g/mol. The van der Waals surface area contributed by atoms with Gasteiger partial charge in [-0.3, -0.25) is 0 Å². The zero-order valence-electron chi connectivity index (χ0n) is 16.9. The Morgan fingerprint density at radius 3 is 2.46 bits per heavy atom. The minimum Gasteiger partial charge on any atom is -0.493 e. The van der Waals surface area contributed by atoms with Crippen molar-refractivity contribution >= 4 is 27.5 Å². The van der Waals surface area contributed by atoms with Gasteiger partial charge in [0, 0.05) is 21.6 Å². The van der Waals surface area contributed by atoms with Gasteiger partial charge in [-0.25, -0.2) is 0 Å². The molecule has 28 heavy (non-hydrogen) atoms. The number of nitrogens with one attached hydrogen (secondary N) is 1. The summed E-state index contributed by atoms with van der Waals surface area (Å²) in [5.74, 6) is 1.43. The van der Waals surface area contributed by atoms with E-state index in [1.54, 1.807) is 7.11 Å². The quantitative estimate of drug-likeness (QED) is 0.317. The van der Waals surface area contributed by atoms with Crippen LogP contribution in [0.5, 0.6) is 11.5 Å². The molecule has 2 aromatic rings. The zero-order chi connectivity index (χ0) is 20.2. The van der Waals surface area contributed by atoms with Gasteiger partial charge in [-0.05, 0) is 36.7 Å². The van der Waals surface area contributed by atoms with E-state index in [0.717, 1.165) is 34.4 Å². The summed E-state index contributed by atoms with van der Waals surface area (Å²) in [6, 6.07) is 11.7. The van der Waals surface area contributed by atoms with Gasteiger partial charge in [0.15, 0.2) is 11.5 Å². The third-order valence-electron chi connectivity index (χ3n) is 4.70. The van der Waals surface area contributed by atoms with Crippen LogP contribution in [0.4, 0.5) is 0 Å². The summed E-state index contributed by atoms with van der Waals surface area (Å²) in [5, 5.41) is 4.23. The molecule has 0 saturated carbocycles. The molecule has 0 radical (unpaired) electrons. The van der Waals surface area contributed by atoms with Gasteiger partial charge in [0.05, 0.1) is 7.11 Å². The number of methoxy groups -OCH3 is 1. The highest BCUT2D eigenvalue weighted by molar-refractivity contribution is 9.10. The molecule has 0 aliphatic rings. The van der Waals surface area contributed by atoms with Crippen LogP contribution >= 0.6 is 27.5 Å². The van der Waals surface area contributed by atoms with Crippen molar-refractivity contribution in [3.8, 4) is 11.5 Å². The van der Waals surface area contributed by atoms with Crippen LogP contribution < -0.4 is 14.8 Å². The van der Waals surface area contributed by atoms with Crippen molar-refractivity contribution in [2.24, 2.45) is 0 Å². The molecular formula is C23H31BrClNO2. The van der Waals surface area contributed by atoms with E-state index in [1.165, 1.54) is 38.5 Å². The van der Waals surface area contributed by atoms with Gasteiger partial charge >= 0.3 is 0 Å². The molecule has 2 rings (SSSR count).